The van der Waals surface area contributed by atoms with Gasteiger partial charge in [-0.25, -0.2) is 4.98 Å². The van der Waals surface area contributed by atoms with Crippen molar-refractivity contribution in [3.05, 3.63) is 30.1 Å². The molecule has 0 bridgehead atoms. The van der Waals surface area contributed by atoms with E-state index in [-0.39, 0.29) is 0 Å². The summed E-state index contributed by atoms with van der Waals surface area (Å²) in [7, 11) is 1.60. The number of rotatable bonds is 5. The molecule has 0 spiro atoms. The van der Waals surface area contributed by atoms with Gasteiger partial charge >= 0.3 is 0 Å². The molecular formula is C12H12N4O2. The molecule has 1 heterocycles. The van der Waals surface area contributed by atoms with Crippen LogP contribution in [0, 0.1) is 11.3 Å². The summed E-state index contributed by atoms with van der Waals surface area (Å²) >= 11 is 0. The molecule has 0 aliphatic heterocycles. The fourth-order valence-corrected chi connectivity index (χ4v) is 1.47. The van der Waals surface area contributed by atoms with Crippen molar-refractivity contribution in [3.63, 3.8) is 0 Å². The lowest BCUT2D eigenvalue weighted by atomic mass is 10.1. The quantitative estimate of drug-likeness (QED) is 0.803. The minimum atomic E-state index is 0.410. The number of hydrogen-bond donors (Lipinski definition) is 1. The van der Waals surface area contributed by atoms with Crippen molar-refractivity contribution in [2.45, 2.75) is 0 Å². The highest BCUT2D eigenvalue weighted by atomic mass is 16.5. The molecule has 2 aromatic rings. The predicted octanol–water partition coefficient (Wildman–Crippen LogP) is 1.37. The van der Waals surface area contributed by atoms with Gasteiger partial charge in [0.1, 0.15) is 24.8 Å². The largest absolute Gasteiger partial charge is 0.490 e. The molecule has 2 rings (SSSR count). The summed E-state index contributed by atoms with van der Waals surface area (Å²) in [6.07, 6.45) is 1.42. The molecule has 0 atom stereocenters. The van der Waals surface area contributed by atoms with Crippen LogP contribution in [0.1, 0.15) is 5.56 Å². The first-order valence-electron chi connectivity index (χ1n) is 5.36. The highest BCUT2D eigenvalue weighted by Gasteiger charge is 2.07. The average Bonchev–Trinajstić information content (AvgIpc) is 2.93. The second kappa shape index (κ2) is 5.80. The number of methoxy groups -OCH3 is 1. The number of benzene rings is 1. The van der Waals surface area contributed by atoms with E-state index in [1.807, 2.05) is 6.07 Å². The number of ether oxygens (including phenoxy) is 2. The average molecular weight is 244 g/mol. The van der Waals surface area contributed by atoms with Crippen LogP contribution in [-0.2, 0) is 4.74 Å². The Morgan fingerprint density at radius 3 is 2.94 bits per heavy atom. The Morgan fingerprint density at radius 2 is 2.28 bits per heavy atom. The fourth-order valence-electron chi connectivity index (χ4n) is 1.47. The maximum absolute atomic E-state index is 9.09. The van der Waals surface area contributed by atoms with E-state index in [1.54, 1.807) is 19.2 Å². The first kappa shape index (κ1) is 12.1. The van der Waals surface area contributed by atoms with Crippen molar-refractivity contribution in [3.8, 4) is 23.2 Å². The summed E-state index contributed by atoms with van der Waals surface area (Å²) in [5, 5.41) is 15.6. The van der Waals surface area contributed by atoms with E-state index >= 15 is 0 Å². The molecule has 0 saturated carbocycles. The third-order valence-corrected chi connectivity index (χ3v) is 2.33. The topological polar surface area (TPSA) is 83.8 Å². The highest BCUT2D eigenvalue weighted by molar-refractivity contribution is 5.60. The van der Waals surface area contributed by atoms with E-state index in [2.05, 4.69) is 21.3 Å². The summed E-state index contributed by atoms with van der Waals surface area (Å²) in [5.41, 5.74) is 1.25. The normalized spacial score (nSPS) is 10.0. The van der Waals surface area contributed by atoms with Crippen LogP contribution in [0.15, 0.2) is 24.5 Å². The lowest BCUT2D eigenvalue weighted by molar-refractivity contribution is 0.146. The predicted molar refractivity (Wildman–Crippen MR) is 63.9 cm³/mol. The van der Waals surface area contributed by atoms with Gasteiger partial charge in [-0.05, 0) is 18.2 Å². The molecule has 0 aliphatic carbocycles. The molecule has 92 valence electrons. The lowest BCUT2D eigenvalue weighted by Gasteiger charge is -2.08. The number of hydrogen-bond acceptors (Lipinski definition) is 5. The Bertz CT molecular complexity index is 546. The molecule has 18 heavy (non-hydrogen) atoms. The van der Waals surface area contributed by atoms with Gasteiger partial charge in [-0.3, -0.25) is 5.10 Å². The van der Waals surface area contributed by atoms with Gasteiger partial charge in [-0.15, -0.1) is 0 Å². The second-order valence-electron chi connectivity index (χ2n) is 3.50. The zero-order chi connectivity index (χ0) is 12.8. The Balaban J connectivity index is 2.21. The van der Waals surface area contributed by atoms with Gasteiger partial charge in [0.05, 0.1) is 12.2 Å². The van der Waals surface area contributed by atoms with Gasteiger partial charge in [0.15, 0.2) is 5.82 Å². The van der Waals surface area contributed by atoms with Crippen LogP contribution in [0.4, 0.5) is 0 Å². The summed E-state index contributed by atoms with van der Waals surface area (Å²) in [6.45, 7) is 0.890. The molecule has 6 heteroatoms. The SMILES string of the molecule is COCCOc1ccc(-c2ncn[nH]2)cc1C#N. The number of nitrogens with one attached hydrogen (secondary N) is 1. The maximum Gasteiger partial charge on any atom is 0.155 e. The van der Waals surface area contributed by atoms with Crippen molar-refractivity contribution in [2.24, 2.45) is 0 Å². The van der Waals surface area contributed by atoms with Crippen LogP contribution in [-0.4, -0.2) is 35.5 Å². The third kappa shape index (κ3) is 2.64. The molecule has 0 amide bonds. The fraction of sp³-hybridized carbons (Fsp3) is 0.250. The molecular weight excluding hydrogens is 232 g/mol. The van der Waals surface area contributed by atoms with Crippen LogP contribution >= 0.6 is 0 Å². The maximum atomic E-state index is 9.09. The number of H-pyrrole nitrogens is 1. The van der Waals surface area contributed by atoms with E-state index in [0.29, 0.717) is 30.4 Å². The van der Waals surface area contributed by atoms with E-state index < -0.39 is 0 Å². The van der Waals surface area contributed by atoms with Gasteiger partial charge in [0.25, 0.3) is 0 Å². The van der Waals surface area contributed by atoms with Crippen LogP contribution in [0.5, 0.6) is 5.75 Å². The van der Waals surface area contributed by atoms with Gasteiger partial charge < -0.3 is 9.47 Å². The van der Waals surface area contributed by atoms with Crippen LogP contribution < -0.4 is 4.74 Å². The van der Waals surface area contributed by atoms with E-state index in [9.17, 15) is 0 Å². The summed E-state index contributed by atoms with van der Waals surface area (Å²) in [6, 6.07) is 7.37. The summed E-state index contributed by atoms with van der Waals surface area (Å²) < 4.78 is 10.3. The van der Waals surface area contributed by atoms with Gasteiger partial charge in [0.2, 0.25) is 0 Å². The Hall–Kier alpha value is -2.39. The van der Waals surface area contributed by atoms with Gasteiger partial charge in [-0.1, -0.05) is 0 Å². The molecule has 0 aliphatic rings. The highest BCUT2D eigenvalue weighted by Crippen LogP contribution is 2.23. The Labute approximate surface area is 104 Å². The summed E-state index contributed by atoms with van der Waals surface area (Å²) in [4.78, 5) is 4.03. The molecule has 1 N–H and O–H groups in total. The van der Waals surface area contributed by atoms with Crippen molar-refractivity contribution < 1.29 is 9.47 Å². The second-order valence-corrected chi connectivity index (χ2v) is 3.50. The molecule has 0 unspecified atom stereocenters. The minimum absolute atomic E-state index is 0.410. The monoisotopic (exact) mass is 244 g/mol. The van der Waals surface area contributed by atoms with Crippen molar-refractivity contribution in [2.75, 3.05) is 20.3 Å². The van der Waals surface area contributed by atoms with Crippen LogP contribution in [0.3, 0.4) is 0 Å². The van der Waals surface area contributed by atoms with Crippen molar-refractivity contribution in [1.29, 1.82) is 5.26 Å². The molecule has 0 radical (unpaired) electrons. The molecule has 1 aromatic carbocycles. The van der Waals surface area contributed by atoms with E-state index in [1.165, 1.54) is 6.33 Å². The van der Waals surface area contributed by atoms with E-state index in [0.717, 1.165) is 5.56 Å². The third-order valence-electron chi connectivity index (χ3n) is 2.33. The number of nitrogens with zero attached hydrogens (tertiary/aromatic N) is 3. The molecule has 0 saturated heterocycles. The number of aromatic nitrogens is 3. The van der Waals surface area contributed by atoms with Gasteiger partial charge in [0, 0.05) is 12.7 Å². The number of nitriles is 1. The van der Waals surface area contributed by atoms with Crippen molar-refractivity contribution in [1.82, 2.24) is 15.2 Å². The molecule has 0 fully saturated rings. The first-order chi connectivity index (χ1) is 8.85. The zero-order valence-corrected chi connectivity index (χ0v) is 9.88. The van der Waals surface area contributed by atoms with Crippen LogP contribution in [0.2, 0.25) is 0 Å². The Kier molecular flexibility index (Phi) is 3.89. The van der Waals surface area contributed by atoms with Crippen LogP contribution in [0.25, 0.3) is 11.4 Å². The Morgan fingerprint density at radius 1 is 1.39 bits per heavy atom. The van der Waals surface area contributed by atoms with E-state index in [4.69, 9.17) is 14.7 Å². The number of aromatic amines is 1. The minimum Gasteiger partial charge on any atom is -0.490 e. The molecule has 1 aromatic heterocycles. The van der Waals surface area contributed by atoms with Gasteiger partial charge in [-0.2, -0.15) is 10.4 Å². The van der Waals surface area contributed by atoms with Crippen molar-refractivity contribution >= 4 is 0 Å². The standard InChI is InChI=1S/C12H12N4O2/c1-17-4-5-18-11-3-2-9(6-10(11)7-13)12-14-8-15-16-12/h2-3,6,8H,4-5H2,1H3,(H,14,15,16). The zero-order valence-electron chi connectivity index (χ0n) is 9.88. The smallest absolute Gasteiger partial charge is 0.155 e. The lowest BCUT2D eigenvalue weighted by Crippen LogP contribution is -2.05. The first-order valence-corrected chi connectivity index (χ1v) is 5.36. The summed E-state index contributed by atoms with van der Waals surface area (Å²) in [5.74, 6) is 1.16. The molecule has 6 nitrogen and oxygen atoms in total.